The molecule has 4 aromatic rings. The third-order valence-electron chi connectivity index (χ3n) is 4.11. The highest BCUT2D eigenvalue weighted by Gasteiger charge is 2.09. The number of benzene rings is 2. The van der Waals surface area contributed by atoms with Crippen LogP contribution in [0.4, 0.5) is 5.82 Å². The van der Waals surface area contributed by atoms with Gasteiger partial charge in [0.25, 0.3) is 0 Å². The third kappa shape index (κ3) is 3.23. The summed E-state index contributed by atoms with van der Waals surface area (Å²) in [6.45, 7) is 4.72. The highest BCUT2D eigenvalue weighted by molar-refractivity contribution is 7.13. The Kier molecular flexibility index (Phi) is 4.15. The van der Waals surface area contributed by atoms with Crippen molar-refractivity contribution in [2.75, 3.05) is 5.32 Å². The molecule has 0 bridgehead atoms. The maximum atomic E-state index is 4.76. The molecule has 2 aromatic heterocycles. The predicted octanol–water partition coefficient (Wildman–Crippen LogP) is 4.98. The zero-order chi connectivity index (χ0) is 17.2. The van der Waals surface area contributed by atoms with Crippen LogP contribution < -0.4 is 5.32 Å². The van der Waals surface area contributed by atoms with E-state index in [-0.39, 0.29) is 0 Å². The number of para-hydroxylation sites is 2. The maximum absolute atomic E-state index is 4.76. The number of anilines is 1. The normalized spacial score (nSPS) is 11.0. The van der Waals surface area contributed by atoms with Crippen LogP contribution in [0.25, 0.3) is 21.6 Å². The molecule has 0 aliphatic rings. The molecule has 0 aliphatic heterocycles. The summed E-state index contributed by atoms with van der Waals surface area (Å²) in [5, 5.41) is 6.52. The molecule has 0 unspecified atom stereocenters. The van der Waals surface area contributed by atoms with E-state index in [1.807, 2.05) is 31.2 Å². The van der Waals surface area contributed by atoms with E-state index < -0.39 is 0 Å². The lowest BCUT2D eigenvalue weighted by Gasteiger charge is -2.08. The van der Waals surface area contributed by atoms with Gasteiger partial charge in [0.15, 0.2) is 0 Å². The fourth-order valence-electron chi connectivity index (χ4n) is 2.75. The van der Waals surface area contributed by atoms with Gasteiger partial charge in [-0.3, -0.25) is 0 Å². The third-order valence-corrected chi connectivity index (χ3v) is 5.03. The fourth-order valence-corrected chi connectivity index (χ4v) is 3.66. The van der Waals surface area contributed by atoms with Crippen molar-refractivity contribution in [3.8, 4) is 10.6 Å². The van der Waals surface area contributed by atoms with Gasteiger partial charge >= 0.3 is 0 Å². The standard InChI is InChI=1S/C20H18N4S/c1-13-7-3-4-8-16(13)20-23-15(12-25-20)11-21-19-14(2)22-17-9-5-6-10-18(17)24-19/h3-10,12H,11H2,1-2H3,(H,21,24). The molecule has 25 heavy (non-hydrogen) atoms. The molecule has 0 saturated heterocycles. The molecule has 4 nitrogen and oxygen atoms in total. The van der Waals surface area contributed by atoms with E-state index in [9.17, 15) is 0 Å². The number of thiazole rings is 1. The Morgan fingerprint density at radius 2 is 1.60 bits per heavy atom. The Balaban J connectivity index is 1.54. The summed E-state index contributed by atoms with van der Waals surface area (Å²) in [5.41, 5.74) is 6.16. The number of aromatic nitrogens is 3. The lowest BCUT2D eigenvalue weighted by atomic mass is 10.1. The van der Waals surface area contributed by atoms with Crippen LogP contribution in [0.3, 0.4) is 0 Å². The van der Waals surface area contributed by atoms with Crippen molar-refractivity contribution >= 4 is 28.2 Å². The van der Waals surface area contributed by atoms with Gasteiger partial charge in [-0.15, -0.1) is 11.3 Å². The SMILES string of the molecule is Cc1ccccc1-c1nc(CNc2nc3ccccc3nc2C)cs1. The summed E-state index contributed by atoms with van der Waals surface area (Å²) in [4.78, 5) is 14.0. The Hall–Kier alpha value is -2.79. The van der Waals surface area contributed by atoms with E-state index >= 15 is 0 Å². The van der Waals surface area contributed by atoms with Crippen molar-refractivity contribution in [1.82, 2.24) is 15.0 Å². The number of hydrogen-bond donors (Lipinski definition) is 1. The Bertz CT molecular complexity index is 1040. The van der Waals surface area contributed by atoms with E-state index in [0.29, 0.717) is 6.54 Å². The number of rotatable bonds is 4. The Morgan fingerprint density at radius 3 is 2.40 bits per heavy atom. The minimum absolute atomic E-state index is 0.635. The summed E-state index contributed by atoms with van der Waals surface area (Å²) in [6.07, 6.45) is 0. The van der Waals surface area contributed by atoms with Gasteiger partial charge in [-0.2, -0.15) is 0 Å². The molecule has 5 heteroatoms. The molecule has 0 aliphatic carbocycles. The highest BCUT2D eigenvalue weighted by atomic mass is 32.1. The quantitative estimate of drug-likeness (QED) is 0.566. The van der Waals surface area contributed by atoms with Gasteiger partial charge in [0.2, 0.25) is 0 Å². The average Bonchev–Trinajstić information content (AvgIpc) is 3.09. The van der Waals surface area contributed by atoms with Gasteiger partial charge in [-0.1, -0.05) is 36.4 Å². The van der Waals surface area contributed by atoms with Crippen LogP contribution in [-0.2, 0) is 6.54 Å². The molecule has 0 radical (unpaired) electrons. The Morgan fingerprint density at radius 1 is 0.880 bits per heavy atom. The van der Waals surface area contributed by atoms with Gasteiger partial charge in [0.05, 0.1) is 29.0 Å². The van der Waals surface area contributed by atoms with Crippen LogP contribution >= 0.6 is 11.3 Å². The number of nitrogens with one attached hydrogen (secondary N) is 1. The minimum atomic E-state index is 0.635. The molecule has 0 fully saturated rings. The smallest absolute Gasteiger partial charge is 0.148 e. The number of nitrogens with zero attached hydrogens (tertiary/aromatic N) is 3. The molecule has 0 amide bonds. The van der Waals surface area contributed by atoms with Gasteiger partial charge in [0, 0.05) is 10.9 Å². The van der Waals surface area contributed by atoms with Gasteiger partial charge in [0.1, 0.15) is 10.8 Å². The first kappa shape index (κ1) is 15.7. The van der Waals surface area contributed by atoms with Crippen LogP contribution in [-0.4, -0.2) is 15.0 Å². The van der Waals surface area contributed by atoms with Crippen molar-refractivity contribution in [2.45, 2.75) is 20.4 Å². The predicted molar refractivity (Wildman–Crippen MR) is 104 cm³/mol. The topological polar surface area (TPSA) is 50.7 Å². The average molecular weight is 346 g/mol. The van der Waals surface area contributed by atoms with Crippen LogP contribution in [0, 0.1) is 13.8 Å². The van der Waals surface area contributed by atoms with E-state index in [1.165, 1.54) is 11.1 Å². The van der Waals surface area contributed by atoms with E-state index in [0.717, 1.165) is 33.2 Å². The summed E-state index contributed by atoms with van der Waals surface area (Å²) in [6, 6.07) is 16.2. The summed E-state index contributed by atoms with van der Waals surface area (Å²) >= 11 is 1.67. The van der Waals surface area contributed by atoms with Gasteiger partial charge in [-0.25, -0.2) is 15.0 Å². The second-order valence-corrected chi connectivity index (χ2v) is 6.82. The number of aryl methyl sites for hydroxylation is 2. The number of hydrogen-bond acceptors (Lipinski definition) is 5. The first-order valence-corrected chi connectivity index (χ1v) is 9.06. The van der Waals surface area contributed by atoms with E-state index in [2.05, 4.69) is 51.9 Å². The van der Waals surface area contributed by atoms with Crippen LogP contribution in [0.15, 0.2) is 53.9 Å². The molecular formula is C20H18N4S. The van der Waals surface area contributed by atoms with Gasteiger partial charge in [-0.05, 0) is 31.5 Å². The lowest BCUT2D eigenvalue weighted by Crippen LogP contribution is -2.05. The largest absolute Gasteiger partial charge is 0.363 e. The highest BCUT2D eigenvalue weighted by Crippen LogP contribution is 2.27. The zero-order valence-corrected chi connectivity index (χ0v) is 15.0. The van der Waals surface area contributed by atoms with Crippen molar-refractivity contribution in [3.05, 3.63) is 70.9 Å². The maximum Gasteiger partial charge on any atom is 0.148 e. The molecule has 1 N–H and O–H groups in total. The van der Waals surface area contributed by atoms with Crippen molar-refractivity contribution in [2.24, 2.45) is 0 Å². The lowest BCUT2D eigenvalue weighted by molar-refractivity contribution is 1.04. The van der Waals surface area contributed by atoms with Crippen LogP contribution in [0.2, 0.25) is 0 Å². The molecule has 4 rings (SSSR count). The van der Waals surface area contributed by atoms with Crippen molar-refractivity contribution in [1.29, 1.82) is 0 Å². The molecule has 124 valence electrons. The minimum Gasteiger partial charge on any atom is -0.363 e. The van der Waals surface area contributed by atoms with E-state index in [1.54, 1.807) is 11.3 Å². The summed E-state index contributed by atoms with van der Waals surface area (Å²) < 4.78 is 0. The zero-order valence-electron chi connectivity index (χ0n) is 14.2. The fraction of sp³-hybridized carbons (Fsp3) is 0.150. The summed E-state index contributed by atoms with van der Waals surface area (Å²) in [7, 11) is 0. The molecule has 2 heterocycles. The molecular weight excluding hydrogens is 328 g/mol. The second kappa shape index (κ2) is 6.61. The molecule has 0 spiro atoms. The molecule has 0 saturated carbocycles. The van der Waals surface area contributed by atoms with Crippen molar-refractivity contribution < 1.29 is 0 Å². The van der Waals surface area contributed by atoms with E-state index in [4.69, 9.17) is 4.98 Å². The first-order chi connectivity index (χ1) is 12.2. The monoisotopic (exact) mass is 346 g/mol. The van der Waals surface area contributed by atoms with Crippen LogP contribution in [0.5, 0.6) is 0 Å². The number of fused-ring (bicyclic) bond motifs is 1. The Labute approximate surface area is 150 Å². The molecule has 0 atom stereocenters. The summed E-state index contributed by atoms with van der Waals surface area (Å²) in [5.74, 6) is 0.809. The van der Waals surface area contributed by atoms with Crippen LogP contribution in [0.1, 0.15) is 17.0 Å². The van der Waals surface area contributed by atoms with Gasteiger partial charge < -0.3 is 5.32 Å². The second-order valence-electron chi connectivity index (χ2n) is 5.96. The van der Waals surface area contributed by atoms with Crippen molar-refractivity contribution in [3.63, 3.8) is 0 Å². The first-order valence-electron chi connectivity index (χ1n) is 8.18. The molecule has 2 aromatic carbocycles.